The molecule has 0 radical (unpaired) electrons. The van der Waals surface area contributed by atoms with Gasteiger partial charge < -0.3 is 14.6 Å². The molecule has 0 aliphatic rings. The van der Waals surface area contributed by atoms with Crippen LogP contribution in [0.2, 0.25) is 0 Å². The Labute approximate surface area is 141 Å². The molecule has 6 heteroatoms. The molecule has 2 rings (SSSR count). The zero-order valence-corrected chi connectivity index (χ0v) is 14.1. The van der Waals surface area contributed by atoms with E-state index in [0.29, 0.717) is 30.0 Å². The number of methoxy groups -OCH3 is 2. The fourth-order valence-corrected chi connectivity index (χ4v) is 2.58. The van der Waals surface area contributed by atoms with Crippen LogP contribution >= 0.6 is 0 Å². The summed E-state index contributed by atoms with van der Waals surface area (Å²) in [5.74, 6) is 0.174. The molecule has 1 heterocycles. The Balaban J connectivity index is 2.23. The molecule has 0 bridgehead atoms. The summed E-state index contributed by atoms with van der Waals surface area (Å²) in [5.41, 5.74) is 1.49. The lowest BCUT2D eigenvalue weighted by Crippen LogP contribution is -2.33. The van der Waals surface area contributed by atoms with Gasteiger partial charge in [-0.15, -0.1) is 0 Å². The van der Waals surface area contributed by atoms with Crippen molar-refractivity contribution in [1.82, 2.24) is 9.88 Å². The molecule has 0 spiro atoms. The van der Waals surface area contributed by atoms with Gasteiger partial charge in [-0.25, -0.2) is 0 Å². The van der Waals surface area contributed by atoms with Crippen LogP contribution in [0.25, 0.3) is 0 Å². The lowest BCUT2D eigenvalue weighted by molar-refractivity contribution is -0.143. The fourth-order valence-electron chi connectivity index (χ4n) is 2.58. The molecule has 0 aliphatic heterocycles. The van der Waals surface area contributed by atoms with E-state index in [1.165, 1.54) is 7.11 Å². The van der Waals surface area contributed by atoms with E-state index in [1.807, 2.05) is 18.2 Å². The van der Waals surface area contributed by atoms with Crippen molar-refractivity contribution in [2.24, 2.45) is 0 Å². The van der Waals surface area contributed by atoms with Crippen LogP contribution in [0.5, 0.6) is 11.5 Å². The largest absolute Gasteiger partial charge is 0.497 e. The minimum atomic E-state index is -0.940. The SMILES string of the molecule is COc1ccc(OC)c(C(C(=O)O)N(C)CCc2ccccn2)c1. The van der Waals surface area contributed by atoms with Crippen LogP contribution in [0.15, 0.2) is 42.6 Å². The average Bonchev–Trinajstić information content (AvgIpc) is 2.60. The van der Waals surface area contributed by atoms with Gasteiger partial charge in [0.1, 0.15) is 17.5 Å². The number of aliphatic carboxylic acids is 1. The Morgan fingerprint density at radius 1 is 1.25 bits per heavy atom. The highest BCUT2D eigenvalue weighted by atomic mass is 16.5. The molecule has 2 aromatic rings. The Bertz CT molecular complexity index is 676. The molecule has 0 aliphatic carbocycles. The molecule has 6 nitrogen and oxygen atoms in total. The Morgan fingerprint density at radius 2 is 2.04 bits per heavy atom. The first-order valence-corrected chi connectivity index (χ1v) is 7.61. The van der Waals surface area contributed by atoms with Crippen molar-refractivity contribution in [2.45, 2.75) is 12.5 Å². The summed E-state index contributed by atoms with van der Waals surface area (Å²) in [6, 6.07) is 10.0. The Hall–Kier alpha value is -2.60. The Morgan fingerprint density at radius 3 is 2.62 bits per heavy atom. The van der Waals surface area contributed by atoms with Gasteiger partial charge in [-0.1, -0.05) is 6.07 Å². The van der Waals surface area contributed by atoms with Gasteiger partial charge in [-0.05, 0) is 37.4 Å². The maximum Gasteiger partial charge on any atom is 0.325 e. The standard InChI is InChI=1S/C18H22N2O4/c1-20(11-9-13-6-4-5-10-19-13)17(18(21)22)15-12-14(23-2)7-8-16(15)24-3/h4-8,10,12,17H,9,11H2,1-3H3,(H,21,22). The topological polar surface area (TPSA) is 71.9 Å². The monoisotopic (exact) mass is 330 g/mol. The van der Waals surface area contributed by atoms with Crippen molar-refractivity contribution in [3.8, 4) is 11.5 Å². The number of hydrogen-bond acceptors (Lipinski definition) is 5. The van der Waals surface area contributed by atoms with E-state index < -0.39 is 12.0 Å². The zero-order valence-electron chi connectivity index (χ0n) is 14.1. The molecule has 0 saturated heterocycles. The number of likely N-dealkylation sites (N-methyl/N-ethyl adjacent to an activating group) is 1. The summed E-state index contributed by atoms with van der Waals surface area (Å²) in [5, 5.41) is 9.72. The summed E-state index contributed by atoms with van der Waals surface area (Å²) in [4.78, 5) is 17.9. The second kappa shape index (κ2) is 8.31. The molecule has 0 fully saturated rings. The lowest BCUT2D eigenvalue weighted by Gasteiger charge is -2.26. The minimum Gasteiger partial charge on any atom is -0.497 e. The van der Waals surface area contributed by atoms with Crippen molar-refractivity contribution in [3.05, 3.63) is 53.9 Å². The van der Waals surface area contributed by atoms with Crippen LogP contribution in [0.4, 0.5) is 0 Å². The molecule has 1 N–H and O–H groups in total. The van der Waals surface area contributed by atoms with Gasteiger partial charge in [-0.3, -0.25) is 14.7 Å². The van der Waals surface area contributed by atoms with Crippen LogP contribution < -0.4 is 9.47 Å². The number of carboxylic acid groups (broad SMARTS) is 1. The molecule has 1 atom stereocenters. The van der Waals surface area contributed by atoms with E-state index in [-0.39, 0.29) is 0 Å². The highest BCUT2D eigenvalue weighted by Gasteiger charge is 2.28. The van der Waals surface area contributed by atoms with E-state index in [0.717, 1.165) is 5.69 Å². The minimum absolute atomic E-state index is 0.521. The van der Waals surface area contributed by atoms with Gasteiger partial charge in [0.05, 0.1) is 14.2 Å². The molecule has 1 aromatic heterocycles. The summed E-state index contributed by atoms with van der Waals surface area (Å²) >= 11 is 0. The lowest BCUT2D eigenvalue weighted by atomic mass is 10.0. The van der Waals surface area contributed by atoms with Gasteiger partial charge in [-0.2, -0.15) is 0 Å². The number of aromatic nitrogens is 1. The first kappa shape index (κ1) is 17.7. The normalized spacial score (nSPS) is 12.0. The van der Waals surface area contributed by atoms with E-state index in [9.17, 15) is 9.90 Å². The first-order chi connectivity index (χ1) is 11.6. The van der Waals surface area contributed by atoms with Crippen molar-refractivity contribution in [3.63, 3.8) is 0 Å². The third kappa shape index (κ3) is 4.23. The van der Waals surface area contributed by atoms with E-state index in [1.54, 1.807) is 43.5 Å². The summed E-state index contributed by atoms with van der Waals surface area (Å²) < 4.78 is 10.5. The van der Waals surface area contributed by atoms with E-state index in [4.69, 9.17) is 9.47 Å². The fraction of sp³-hybridized carbons (Fsp3) is 0.333. The quantitative estimate of drug-likeness (QED) is 0.801. The van der Waals surface area contributed by atoms with Crippen molar-refractivity contribution < 1.29 is 19.4 Å². The molecule has 128 valence electrons. The number of carbonyl (C=O) groups is 1. The second-order valence-electron chi connectivity index (χ2n) is 5.40. The smallest absolute Gasteiger partial charge is 0.325 e. The molecule has 0 amide bonds. The maximum absolute atomic E-state index is 11.9. The third-order valence-corrected chi connectivity index (χ3v) is 3.85. The van der Waals surface area contributed by atoms with Crippen molar-refractivity contribution in [2.75, 3.05) is 27.8 Å². The number of carboxylic acids is 1. The first-order valence-electron chi connectivity index (χ1n) is 7.61. The predicted octanol–water partition coefficient (Wildman–Crippen LogP) is 2.40. The van der Waals surface area contributed by atoms with Crippen LogP contribution in [-0.2, 0) is 11.2 Å². The molecule has 1 aromatic carbocycles. The highest BCUT2D eigenvalue weighted by Crippen LogP contribution is 2.32. The van der Waals surface area contributed by atoms with Gasteiger partial charge in [0.15, 0.2) is 0 Å². The number of nitrogens with zero attached hydrogens (tertiary/aromatic N) is 2. The number of benzene rings is 1. The van der Waals surface area contributed by atoms with Crippen molar-refractivity contribution >= 4 is 5.97 Å². The Kier molecular flexibility index (Phi) is 6.14. The van der Waals surface area contributed by atoms with E-state index >= 15 is 0 Å². The number of ether oxygens (including phenoxy) is 2. The van der Waals surface area contributed by atoms with Gasteiger partial charge in [0.2, 0.25) is 0 Å². The van der Waals surface area contributed by atoms with Gasteiger partial charge in [0, 0.05) is 30.4 Å². The number of rotatable bonds is 8. The van der Waals surface area contributed by atoms with Gasteiger partial charge >= 0.3 is 5.97 Å². The third-order valence-electron chi connectivity index (χ3n) is 3.85. The van der Waals surface area contributed by atoms with Crippen LogP contribution in [0.1, 0.15) is 17.3 Å². The van der Waals surface area contributed by atoms with Crippen LogP contribution in [0.3, 0.4) is 0 Å². The molecular weight excluding hydrogens is 308 g/mol. The van der Waals surface area contributed by atoms with E-state index in [2.05, 4.69) is 4.98 Å². The molecule has 1 unspecified atom stereocenters. The molecule has 0 saturated carbocycles. The van der Waals surface area contributed by atoms with Gasteiger partial charge in [0.25, 0.3) is 0 Å². The molecule has 24 heavy (non-hydrogen) atoms. The highest BCUT2D eigenvalue weighted by molar-refractivity contribution is 5.77. The summed E-state index contributed by atoms with van der Waals surface area (Å²) in [7, 11) is 4.85. The van der Waals surface area contributed by atoms with Crippen molar-refractivity contribution in [1.29, 1.82) is 0 Å². The summed E-state index contributed by atoms with van der Waals surface area (Å²) in [6.45, 7) is 0.550. The zero-order chi connectivity index (χ0) is 17.5. The number of pyridine rings is 1. The second-order valence-corrected chi connectivity index (χ2v) is 5.40. The summed E-state index contributed by atoms with van der Waals surface area (Å²) in [6.07, 6.45) is 2.39. The molecular formula is C18H22N2O4. The predicted molar refractivity (Wildman–Crippen MR) is 90.5 cm³/mol. The van der Waals surface area contributed by atoms with Crippen LogP contribution in [-0.4, -0.2) is 48.8 Å². The average molecular weight is 330 g/mol. The maximum atomic E-state index is 11.9. The van der Waals surface area contributed by atoms with Crippen LogP contribution in [0, 0.1) is 0 Å². The number of hydrogen-bond donors (Lipinski definition) is 1.